The molecular weight excluding hydrogens is 997 g/mol. The summed E-state index contributed by atoms with van der Waals surface area (Å²) in [4.78, 5) is 0. The smallest absolute Gasteiger partial charge is 0.394 e. The van der Waals surface area contributed by atoms with Crippen molar-refractivity contribution in [1.82, 2.24) is 16.0 Å². The van der Waals surface area contributed by atoms with Crippen molar-refractivity contribution in [3.05, 3.63) is 0 Å². The Balaban J connectivity index is 6.36. The molecule has 26 heteroatoms. The van der Waals surface area contributed by atoms with Gasteiger partial charge in [0.25, 0.3) is 30.4 Å². The highest BCUT2D eigenvalue weighted by Gasteiger charge is 2.48. The Labute approximate surface area is 422 Å². The quantitative estimate of drug-likeness (QED) is 0.0178. The summed E-state index contributed by atoms with van der Waals surface area (Å²) in [5.74, 6) is -1.85. The zero-order valence-electron chi connectivity index (χ0n) is 42.7. The first-order chi connectivity index (χ1) is 32.9. The molecule has 0 aromatic heterocycles. The van der Waals surface area contributed by atoms with Crippen molar-refractivity contribution in [3.63, 3.8) is 0 Å². The highest BCUT2D eigenvalue weighted by atomic mass is 32.2. The number of nitrogens with one attached hydrogen (secondary N) is 3. The van der Waals surface area contributed by atoms with Gasteiger partial charge in [-0.1, -0.05) is 96.8 Å². The van der Waals surface area contributed by atoms with Crippen molar-refractivity contribution >= 4 is 39.2 Å². The van der Waals surface area contributed by atoms with Crippen LogP contribution in [0.5, 0.6) is 0 Å². The largest absolute Gasteiger partial charge is 0.501 e. The Hall–Kier alpha value is -0.573. The zero-order chi connectivity index (χ0) is 53.1. The van der Waals surface area contributed by atoms with E-state index >= 15 is 0 Å². The third-order valence-corrected chi connectivity index (χ3v) is 17.8. The van der Waals surface area contributed by atoms with Gasteiger partial charge < -0.3 is 64.4 Å². The fourth-order valence-corrected chi connectivity index (χ4v) is 12.0. The molecule has 22 nitrogen and oxygen atoms in total. The summed E-state index contributed by atoms with van der Waals surface area (Å²) >= 11 is 0. The van der Waals surface area contributed by atoms with E-state index in [1.165, 1.54) is 83.5 Å². The van der Waals surface area contributed by atoms with Crippen molar-refractivity contribution in [2.45, 2.75) is 158 Å². The summed E-state index contributed by atoms with van der Waals surface area (Å²) < 4.78 is 116. The fraction of sp³-hybridized carbons (Fsp3) is 1.00. The lowest BCUT2D eigenvalue weighted by Gasteiger charge is -2.41. The zero-order valence-corrected chi connectivity index (χ0v) is 46.2. The standard InChI is InChI=1S/C44H96N4O18S3Si/c1-4-5-6-7-8-9-10-11-12-13-14-15-16-17-18-19-27-48(2,3)28-23-32-70(64-39-42(33-49,34-50)45-24-20-29-67(55,56)57,65-40-43(35-51,36-52)46-25-21-30-68(58,59)60)66-41-44(37-53,38-54)47-26-22-31-69(61,62)63/h45-47,49-54H,4-41H2,1-3H3,(H2-,55,56,57,58,59,60,61,62,63)/p+1. The van der Waals surface area contributed by atoms with Crippen molar-refractivity contribution in [2.24, 2.45) is 0 Å². The number of aliphatic hydroxyl groups is 6. The molecule has 0 aliphatic carbocycles. The minimum absolute atomic E-state index is 0.0225. The van der Waals surface area contributed by atoms with Crippen molar-refractivity contribution in [2.75, 3.05) is 124 Å². The molecule has 0 atom stereocenters. The molecule has 0 bridgehead atoms. The maximum absolute atomic E-state index is 11.4. The van der Waals surface area contributed by atoms with Gasteiger partial charge in [0.1, 0.15) is 0 Å². The third kappa shape index (κ3) is 34.8. The second-order valence-corrected chi connectivity index (χ2v) is 27.3. The lowest BCUT2D eigenvalue weighted by Crippen LogP contribution is -2.64. The van der Waals surface area contributed by atoms with Crippen molar-refractivity contribution in [3.8, 4) is 0 Å². The molecule has 0 saturated heterocycles. The highest BCUT2D eigenvalue weighted by molar-refractivity contribution is 7.86. The summed E-state index contributed by atoms with van der Waals surface area (Å²) in [5, 5.41) is 72.1. The summed E-state index contributed by atoms with van der Waals surface area (Å²) in [5.41, 5.74) is -4.94. The van der Waals surface area contributed by atoms with Crippen LogP contribution >= 0.6 is 0 Å². The van der Waals surface area contributed by atoms with Gasteiger partial charge in [-0.05, 0) is 51.7 Å². The number of aliphatic hydroxyl groups excluding tert-OH is 6. The van der Waals surface area contributed by atoms with E-state index in [-0.39, 0.29) is 44.9 Å². The first-order valence-corrected chi connectivity index (χ1v) is 32.1. The van der Waals surface area contributed by atoms with Crippen LogP contribution in [0.4, 0.5) is 0 Å². The van der Waals surface area contributed by atoms with E-state index in [1.807, 2.05) is 0 Å². The van der Waals surface area contributed by atoms with Crippen molar-refractivity contribution in [1.29, 1.82) is 0 Å². The lowest BCUT2D eigenvalue weighted by atomic mass is 10.0. The van der Waals surface area contributed by atoms with E-state index < -0.39 is 132 Å². The monoisotopic (exact) mass is 1090 g/mol. The number of unbranched alkanes of at least 4 members (excludes halogenated alkanes) is 15. The number of hydrogen-bond donors (Lipinski definition) is 12. The van der Waals surface area contributed by atoms with Crippen LogP contribution in [0.1, 0.15) is 135 Å². The van der Waals surface area contributed by atoms with E-state index in [1.54, 1.807) is 0 Å². The van der Waals surface area contributed by atoms with Crippen LogP contribution in [-0.4, -0.2) is 223 Å². The Morgan fingerprint density at radius 3 is 0.929 bits per heavy atom. The van der Waals surface area contributed by atoms with Crippen LogP contribution in [0.2, 0.25) is 6.04 Å². The van der Waals surface area contributed by atoms with Gasteiger partial charge in [0.15, 0.2) is 0 Å². The normalized spacial score (nSPS) is 13.7. The van der Waals surface area contributed by atoms with Gasteiger partial charge in [-0.15, -0.1) is 0 Å². The summed E-state index contributed by atoms with van der Waals surface area (Å²) in [6, 6.07) is 0.0225. The molecule has 0 rings (SSSR count). The number of nitrogens with zero attached hydrogens (tertiary/aromatic N) is 1. The van der Waals surface area contributed by atoms with Gasteiger partial charge in [-0.25, -0.2) is 0 Å². The van der Waals surface area contributed by atoms with Gasteiger partial charge in [-0.2, -0.15) is 25.3 Å². The molecule has 0 aliphatic rings. The Morgan fingerprint density at radius 2 is 0.671 bits per heavy atom. The molecule has 0 fully saturated rings. The highest BCUT2D eigenvalue weighted by Crippen LogP contribution is 2.26. The van der Waals surface area contributed by atoms with Crippen LogP contribution in [0.25, 0.3) is 0 Å². The molecule has 0 aromatic rings. The molecule has 12 N–H and O–H groups in total. The predicted octanol–water partition coefficient (Wildman–Crippen LogP) is 1.48. The van der Waals surface area contributed by atoms with Crippen LogP contribution in [0.3, 0.4) is 0 Å². The van der Waals surface area contributed by atoms with E-state index in [0.29, 0.717) is 17.4 Å². The van der Waals surface area contributed by atoms with Gasteiger partial charge in [0.2, 0.25) is 0 Å². The average molecular weight is 1090 g/mol. The summed E-state index contributed by atoms with van der Waals surface area (Å²) in [7, 11) is -13.2. The second-order valence-electron chi connectivity index (χ2n) is 19.8. The van der Waals surface area contributed by atoms with Crippen LogP contribution in [-0.2, 0) is 43.6 Å². The SMILES string of the molecule is CCCCCCCCCCCCCCCCCC[N+](C)(C)CCC[Si](OCC(CO)(CO)NCCCS(=O)(=O)O)(OCC(CO)(CO)NCCCS(=O)(=O)O)OCC(CO)(CO)NCCCS(=O)(=O)O. The lowest BCUT2D eigenvalue weighted by molar-refractivity contribution is -0.890. The topological polar surface area (TPSA) is 348 Å². The van der Waals surface area contributed by atoms with Crippen LogP contribution < -0.4 is 16.0 Å². The molecule has 0 aromatic carbocycles. The van der Waals surface area contributed by atoms with Crippen molar-refractivity contribution < 1.29 is 87.3 Å². The third-order valence-electron chi connectivity index (χ3n) is 12.6. The average Bonchev–Trinajstić information content (AvgIpc) is 3.30. The fourth-order valence-electron chi connectivity index (χ4n) is 7.75. The molecular formula is C44H97N4O18S3Si+. The minimum Gasteiger partial charge on any atom is -0.394 e. The van der Waals surface area contributed by atoms with Gasteiger partial charge in [-0.3, -0.25) is 13.7 Å². The Kier molecular flexibility index (Phi) is 36.9. The number of hydrogen-bond acceptors (Lipinski definition) is 18. The molecule has 0 amide bonds. The number of rotatable bonds is 51. The van der Waals surface area contributed by atoms with E-state index in [2.05, 4.69) is 37.0 Å². The van der Waals surface area contributed by atoms with E-state index in [9.17, 15) is 69.6 Å². The van der Waals surface area contributed by atoms with Crippen LogP contribution in [0, 0.1) is 0 Å². The molecule has 0 aliphatic heterocycles. The molecule has 0 radical (unpaired) electrons. The first-order valence-electron chi connectivity index (χ1n) is 25.4. The van der Waals surface area contributed by atoms with E-state index in [4.69, 9.17) is 13.3 Å². The molecule has 70 heavy (non-hydrogen) atoms. The molecule has 0 unspecified atom stereocenters. The maximum atomic E-state index is 11.4. The predicted molar refractivity (Wildman–Crippen MR) is 272 cm³/mol. The van der Waals surface area contributed by atoms with Gasteiger partial charge >= 0.3 is 8.80 Å². The van der Waals surface area contributed by atoms with Gasteiger partial charge in [0, 0.05) is 12.5 Å². The molecule has 0 heterocycles. The summed E-state index contributed by atoms with van der Waals surface area (Å²) in [6.45, 7) is -2.75. The minimum atomic E-state index is -4.34. The first kappa shape index (κ1) is 69.4. The van der Waals surface area contributed by atoms with Gasteiger partial charge in [0.05, 0.1) is 121 Å². The Bertz CT molecular complexity index is 1490. The second kappa shape index (κ2) is 37.2. The summed E-state index contributed by atoms with van der Waals surface area (Å²) in [6.07, 6.45) is 20.1. The molecule has 422 valence electrons. The molecule has 0 saturated carbocycles. The number of quaternary nitrogens is 1. The van der Waals surface area contributed by atoms with Crippen LogP contribution in [0.15, 0.2) is 0 Å². The van der Waals surface area contributed by atoms with E-state index in [0.717, 1.165) is 25.8 Å². The maximum Gasteiger partial charge on any atom is 0.501 e. The molecule has 0 spiro atoms. The Morgan fingerprint density at radius 1 is 0.414 bits per heavy atom.